The van der Waals surface area contributed by atoms with E-state index in [0.717, 1.165) is 16.8 Å². The summed E-state index contributed by atoms with van der Waals surface area (Å²) in [7, 11) is 1.62. The smallest absolute Gasteiger partial charge is 0.264 e. The molecule has 0 aliphatic carbocycles. The minimum atomic E-state index is -0.163. The Balaban J connectivity index is 1.52. The summed E-state index contributed by atoms with van der Waals surface area (Å²) in [5.41, 5.74) is 8.82. The van der Waals surface area contributed by atoms with Crippen molar-refractivity contribution in [2.45, 2.75) is 41.2 Å². The lowest BCUT2D eigenvalue weighted by atomic mass is 10.0. The Hall–Kier alpha value is -3.51. The average Bonchev–Trinajstić information content (AvgIpc) is 3.15. The van der Waals surface area contributed by atoms with Crippen molar-refractivity contribution < 1.29 is 14.3 Å². The highest BCUT2D eigenvalue weighted by atomic mass is 32.2. The lowest BCUT2D eigenvalue weighted by molar-refractivity contribution is -0.115. The van der Waals surface area contributed by atoms with Gasteiger partial charge < -0.3 is 14.8 Å². The number of amides is 1. The van der Waals surface area contributed by atoms with E-state index >= 15 is 0 Å². The highest BCUT2D eigenvalue weighted by Crippen LogP contribution is 2.33. The summed E-state index contributed by atoms with van der Waals surface area (Å²) in [6.45, 7) is 10.9. The number of benzene rings is 3. The molecule has 0 bridgehead atoms. The van der Waals surface area contributed by atoms with E-state index in [4.69, 9.17) is 9.47 Å². The summed E-state index contributed by atoms with van der Waals surface area (Å²) in [6, 6.07) is 16.0. The van der Waals surface area contributed by atoms with Crippen molar-refractivity contribution in [2.24, 2.45) is 4.99 Å². The van der Waals surface area contributed by atoms with Crippen LogP contribution in [0.15, 0.2) is 58.4 Å². The van der Waals surface area contributed by atoms with Crippen molar-refractivity contribution in [2.75, 3.05) is 7.11 Å². The molecule has 3 aromatic rings. The van der Waals surface area contributed by atoms with Gasteiger partial charge in [0.05, 0.1) is 17.7 Å². The second-order valence-electron chi connectivity index (χ2n) is 8.78. The zero-order chi connectivity index (χ0) is 25.1. The molecule has 1 N–H and O–H groups in total. The first-order chi connectivity index (χ1) is 16.7. The normalized spacial score (nSPS) is 15.5. The molecule has 0 atom stereocenters. The number of hydrogen-bond acceptors (Lipinski definition) is 5. The number of carbonyl (C=O) groups excluding carboxylic acids is 1. The number of rotatable bonds is 6. The Bertz CT molecular complexity index is 1340. The van der Waals surface area contributed by atoms with Gasteiger partial charge in [0.1, 0.15) is 6.61 Å². The van der Waals surface area contributed by atoms with Crippen LogP contribution < -0.4 is 14.8 Å². The lowest BCUT2D eigenvalue weighted by Gasteiger charge is -2.15. The Morgan fingerprint density at radius 1 is 0.943 bits per heavy atom. The predicted molar refractivity (Wildman–Crippen MR) is 145 cm³/mol. The zero-order valence-corrected chi connectivity index (χ0v) is 21.8. The highest BCUT2D eigenvalue weighted by molar-refractivity contribution is 8.18. The minimum absolute atomic E-state index is 0.163. The first kappa shape index (κ1) is 24.6. The average molecular weight is 487 g/mol. The van der Waals surface area contributed by atoms with Crippen LogP contribution >= 0.6 is 11.8 Å². The number of aliphatic imine (C=N–C) groups is 1. The van der Waals surface area contributed by atoms with Crippen molar-refractivity contribution >= 4 is 34.6 Å². The number of nitrogens with zero attached hydrogens (tertiary/aromatic N) is 1. The molecule has 3 aromatic carbocycles. The molecule has 0 saturated carbocycles. The van der Waals surface area contributed by atoms with Gasteiger partial charge in [-0.05, 0) is 104 Å². The maximum absolute atomic E-state index is 12.6. The van der Waals surface area contributed by atoms with Gasteiger partial charge in [0.2, 0.25) is 0 Å². The maximum atomic E-state index is 12.6. The van der Waals surface area contributed by atoms with Crippen LogP contribution in [-0.4, -0.2) is 18.2 Å². The Labute approximate surface area is 211 Å². The summed E-state index contributed by atoms with van der Waals surface area (Å²) in [5.74, 6) is 1.12. The fourth-order valence-electron chi connectivity index (χ4n) is 4.08. The summed E-state index contributed by atoms with van der Waals surface area (Å²) >= 11 is 1.33. The van der Waals surface area contributed by atoms with Crippen molar-refractivity contribution in [3.8, 4) is 11.5 Å². The second-order valence-corrected chi connectivity index (χ2v) is 9.81. The number of aryl methyl sites for hydroxylation is 4. The van der Waals surface area contributed by atoms with Gasteiger partial charge in [0.15, 0.2) is 16.7 Å². The monoisotopic (exact) mass is 486 g/mol. The van der Waals surface area contributed by atoms with Crippen LogP contribution in [0.2, 0.25) is 0 Å². The van der Waals surface area contributed by atoms with Gasteiger partial charge in [-0.15, -0.1) is 0 Å². The van der Waals surface area contributed by atoms with Crippen LogP contribution in [0.25, 0.3) is 6.08 Å². The van der Waals surface area contributed by atoms with E-state index < -0.39 is 0 Å². The molecular weight excluding hydrogens is 456 g/mol. The van der Waals surface area contributed by atoms with Crippen molar-refractivity contribution in [3.05, 3.63) is 92.4 Å². The second kappa shape index (κ2) is 10.4. The van der Waals surface area contributed by atoms with Gasteiger partial charge >= 0.3 is 0 Å². The quantitative estimate of drug-likeness (QED) is 0.394. The molecule has 0 radical (unpaired) electrons. The van der Waals surface area contributed by atoms with Crippen molar-refractivity contribution in [1.82, 2.24) is 5.32 Å². The van der Waals surface area contributed by atoms with Gasteiger partial charge in [-0.3, -0.25) is 4.79 Å². The van der Waals surface area contributed by atoms with Gasteiger partial charge in [-0.2, -0.15) is 0 Å². The summed E-state index contributed by atoms with van der Waals surface area (Å²) in [4.78, 5) is 17.8. The Morgan fingerprint density at radius 3 is 2.40 bits per heavy atom. The molecule has 0 unspecified atom stereocenters. The van der Waals surface area contributed by atoms with Crippen molar-refractivity contribution in [1.29, 1.82) is 0 Å². The number of amidine groups is 1. The minimum Gasteiger partial charge on any atom is -0.493 e. The summed E-state index contributed by atoms with van der Waals surface area (Å²) in [5, 5.41) is 3.44. The van der Waals surface area contributed by atoms with E-state index in [9.17, 15) is 4.79 Å². The molecule has 0 spiro atoms. The molecular formula is C29H30N2O3S. The molecule has 180 valence electrons. The molecule has 6 heteroatoms. The summed E-state index contributed by atoms with van der Waals surface area (Å²) in [6.07, 6.45) is 1.84. The molecule has 5 nitrogen and oxygen atoms in total. The molecule has 1 fully saturated rings. The lowest BCUT2D eigenvalue weighted by Crippen LogP contribution is -2.19. The number of hydrogen-bond donors (Lipinski definition) is 1. The number of methoxy groups -OCH3 is 1. The first-order valence-corrected chi connectivity index (χ1v) is 12.3. The molecule has 1 heterocycles. The fourth-order valence-corrected chi connectivity index (χ4v) is 4.91. The number of carbonyl (C=O) groups is 1. The Kier molecular flexibility index (Phi) is 7.31. The molecule has 1 aliphatic rings. The van der Waals surface area contributed by atoms with E-state index in [1.54, 1.807) is 7.11 Å². The van der Waals surface area contributed by atoms with E-state index in [2.05, 4.69) is 56.2 Å². The highest BCUT2D eigenvalue weighted by Gasteiger charge is 2.24. The third-order valence-corrected chi connectivity index (χ3v) is 7.06. The van der Waals surface area contributed by atoms with Crippen LogP contribution in [0.1, 0.15) is 38.9 Å². The third kappa shape index (κ3) is 5.60. The molecule has 1 aliphatic heterocycles. The van der Waals surface area contributed by atoms with Gasteiger partial charge in [0, 0.05) is 0 Å². The maximum Gasteiger partial charge on any atom is 0.264 e. The molecule has 35 heavy (non-hydrogen) atoms. The van der Waals surface area contributed by atoms with Crippen LogP contribution in [0.3, 0.4) is 0 Å². The molecule has 1 saturated heterocycles. The molecule has 1 amide bonds. The van der Waals surface area contributed by atoms with Crippen LogP contribution in [-0.2, 0) is 11.4 Å². The topological polar surface area (TPSA) is 59.9 Å². The Morgan fingerprint density at radius 2 is 1.69 bits per heavy atom. The number of nitrogens with one attached hydrogen (secondary N) is 1. The van der Waals surface area contributed by atoms with Gasteiger partial charge in [-0.25, -0.2) is 4.99 Å². The van der Waals surface area contributed by atoms with Crippen LogP contribution in [0.5, 0.6) is 11.5 Å². The molecule has 4 rings (SSSR count). The fraction of sp³-hybridized carbons (Fsp3) is 0.241. The van der Waals surface area contributed by atoms with Crippen LogP contribution in [0, 0.1) is 34.6 Å². The van der Waals surface area contributed by atoms with E-state index in [1.807, 2.05) is 43.3 Å². The standard InChI is InChI=1S/C29H30N2O3S/c1-17-12-19(3)23(20(4)13-17)16-34-25-11-10-22(14-26(25)33-6)15-27-28(32)31-29(35-27)30-24-9-7-8-18(2)21(24)5/h7-15H,16H2,1-6H3,(H,30,31,32)/b27-15-. The largest absolute Gasteiger partial charge is 0.493 e. The number of thioether (sulfide) groups is 1. The number of ether oxygens (including phenoxy) is 2. The summed E-state index contributed by atoms with van der Waals surface area (Å²) < 4.78 is 11.7. The predicted octanol–water partition coefficient (Wildman–Crippen LogP) is 6.71. The molecule has 0 aromatic heterocycles. The SMILES string of the molecule is COc1cc(/C=C2\SC(=Nc3cccc(C)c3C)NC2=O)ccc1OCc1c(C)cc(C)cc1C. The zero-order valence-electron chi connectivity index (χ0n) is 21.0. The van der Waals surface area contributed by atoms with E-state index in [-0.39, 0.29) is 5.91 Å². The van der Waals surface area contributed by atoms with E-state index in [1.165, 1.54) is 39.6 Å². The first-order valence-electron chi connectivity index (χ1n) is 11.5. The van der Waals surface area contributed by atoms with Crippen molar-refractivity contribution in [3.63, 3.8) is 0 Å². The van der Waals surface area contributed by atoms with Crippen LogP contribution in [0.4, 0.5) is 5.69 Å². The third-order valence-electron chi connectivity index (χ3n) is 6.15. The van der Waals surface area contributed by atoms with Gasteiger partial charge in [-0.1, -0.05) is 35.9 Å². The van der Waals surface area contributed by atoms with E-state index in [0.29, 0.717) is 28.2 Å². The van der Waals surface area contributed by atoms with Gasteiger partial charge in [0.25, 0.3) is 5.91 Å².